The van der Waals surface area contributed by atoms with E-state index in [-0.39, 0.29) is 5.92 Å². The Balaban J connectivity index is 1.64. The van der Waals surface area contributed by atoms with Gasteiger partial charge in [0.15, 0.2) is 5.96 Å². The first-order valence-electron chi connectivity index (χ1n) is 11.0. The second-order valence-corrected chi connectivity index (χ2v) is 10.2. The number of rotatable bonds is 9. The molecule has 2 aromatic rings. The molecule has 7 heteroatoms. The molecule has 6 nitrogen and oxygen atoms in total. The first kappa shape index (κ1) is 23.3. The van der Waals surface area contributed by atoms with E-state index in [0.29, 0.717) is 32.1 Å². The Labute approximate surface area is 186 Å². The predicted octanol–water partition coefficient (Wildman–Crippen LogP) is 2.85. The van der Waals surface area contributed by atoms with Gasteiger partial charge in [-0.15, -0.1) is 0 Å². The Morgan fingerprint density at radius 3 is 2.39 bits per heavy atom. The lowest BCUT2D eigenvalue weighted by Gasteiger charge is -2.19. The average molecular weight is 443 g/mol. The van der Waals surface area contributed by atoms with E-state index in [1.807, 2.05) is 12.1 Å². The SMILES string of the molecule is CCNC(=NCC(Cc1ccccc1)c1ccccc1)NCC1CCN(S(C)(=O)=O)C1. The highest BCUT2D eigenvalue weighted by Crippen LogP contribution is 2.22. The molecule has 1 aliphatic heterocycles. The zero-order chi connectivity index (χ0) is 22.1. The second kappa shape index (κ2) is 11.3. The fourth-order valence-electron chi connectivity index (χ4n) is 3.96. The van der Waals surface area contributed by atoms with Crippen LogP contribution in [0.4, 0.5) is 0 Å². The topological polar surface area (TPSA) is 73.8 Å². The molecule has 31 heavy (non-hydrogen) atoms. The molecule has 2 aromatic carbocycles. The van der Waals surface area contributed by atoms with Crippen LogP contribution in [0.5, 0.6) is 0 Å². The summed E-state index contributed by atoms with van der Waals surface area (Å²) in [6, 6.07) is 21.1. The van der Waals surface area contributed by atoms with Gasteiger partial charge < -0.3 is 10.6 Å². The van der Waals surface area contributed by atoms with Crippen molar-refractivity contribution in [3.05, 3.63) is 71.8 Å². The number of sulfonamides is 1. The molecule has 2 atom stereocenters. The van der Waals surface area contributed by atoms with Gasteiger partial charge in [0.25, 0.3) is 0 Å². The van der Waals surface area contributed by atoms with E-state index >= 15 is 0 Å². The summed E-state index contributed by atoms with van der Waals surface area (Å²) in [5.41, 5.74) is 2.59. The molecule has 0 radical (unpaired) electrons. The average Bonchev–Trinajstić information content (AvgIpc) is 3.26. The normalized spacial score (nSPS) is 18.6. The van der Waals surface area contributed by atoms with E-state index < -0.39 is 10.0 Å². The Morgan fingerprint density at radius 2 is 1.77 bits per heavy atom. The third kappa shape index (κ3) is 7.36. The molecular formula is C24H34N4O2S. The summed E-state index contributed by atoms with van der Waals surface area (Å²) in [6.07, 6.45) is 3.09. The summed E-state index contributed by atoms with van der Waals surface area (Å²) < 4.78 is 25.1. The van der Waals surface area contributed by atoms with Crippen molar-refractivity contribution in [2.24, 2.45) is 10.9 Å². The molecule has 1 heterocycles. The molecule has 2 unspecified atom stereocenters. The van der Waals surface area contributed by atoms with Gasteiger partial charge in [0.1, 0.15) is 0 Å². The number of hydrogen-bond donors (Lipinski definition) is 2. The molecule has 0 aromatic heterocycles. The summed E-state index contributed by atoms with van der Waals surface area (Å²) >= 11 is 0. The summed E-state index contributed by atoms with van der Waals surface area (Å²) in [6.45, 7) is 5.40. The standard InChI is InChI=1S/C24H34N4O2S/c1-3-25-24(26-17-21-14-15-28(19-21)31(2,29)30)27-18-23(22-12-8-5-9-13-22)16-20-10-6-4-7-11-20/h4-13,21,23H,3,14-19H2,1-2H3,(H2,25,26,27). The van der Waals surface area contributed by atoms with Crippen molar-refractivity contribution in [2.75, 3.05) is 39.0 Å². The van der Waals surface area contributed by atoms with Gasteiger partial charge in [0, 0.05) is 38.6 Å². The number of aliphatic imine (C=N–C) groups is 1. The zero-order valence-electron chi connectivity index (χ0n) is 18.5. The Hall–Kier alpha value is -2.38. The van der Waals surface area contributed by atoms with Crippen LogP contribution in [0.3, 0.4) is 0 Å². The predicted molar refractivity (Wildman–Crippen MR) is 128 cm³/mol. The number of hydrogen-bond acceptors (Lipinski definition) is 3. The first-order valence-corrected chi connectivity index (χ1v) is 12.9. The highest BCUT2D eigenvalue weighted by molar-refractivity contribution is 7.88. The van der Waals surface area contributed by atoms with Crippen LogP contribution >= 0.6 is 0 Å². The minimum Gasteiger partial charge on any atom is -0.357 e. The van der Waals surface area contributed by atoms with E-state index in [0.717, 1.165) is 25.3 Å². The van der Waals surface area contributed by atoms with Gasteiger partial charge in [-0.2, -0.15) is 0 Å². The molecular weight excluding hydrogens is 408 g/mol. The molecule has 0 spiro atoms. The minimum absolute atomic E-state index is 0.284. The zero-order valence-corrected chi connectivity index (χ0v) is 19.3. The number of benzene rings is 2. The number of guanidine groups is 1. The summed E-state index contributed by atoms with van der Waals surface area (Å²) in [5.74, 6) is 1.37. The number of nitrogens with one attached hydrogen (secondary N) is 2. The van der Waals surface area contributed by atoms with Crippen molar-refractivity contribution in [3.63, 3.8) is 0 Å². The Bertz CT molecular complexity index is 933. The van der Waals surface area contributed by atoms with Crippen molar-refractivity contribution in [2.45, 2.75) is 25.7 Å². The second-order valence-electron chi connectivity index (χ2n) is 8.17. The van der Waals surface area contributed by atoms with Gasteiger partial charge in [-0.25, -0.2) is 12.7 Å². The minimum atomic E-state index is -3.11. The van der Waals surface area contributed by atoms with Gasteiger partial charge >= 0.3 is 0 Å². The van der Waals surface area contributed by atoms with Crippen LogP contribution in [0, 0.1) is 5.92 Å². The molecule has 0 saturated carbocycles. The van der Waals surface area contributed by atoms with Crippen molar-refractivity contribution in [3.8, 4) is 0 Å². The summed E-state index contributed by atoms with van der Waals surface area (Å²) in [7, 11) is -3.11. The maximum absolute atomic E-state index is 11.8. The van der Waals surface area contributed by atoms with E-state index in [1.165, 1.54) is 17.4 Å². The Kier molecular flexibility index (Phi) is 8.49. The molecule has 3 rings (SSSR count). The van der Waals surface area contributed by atoms with Crippen LogP contribution in [0.15, 0.2) is 65.7 Å². The van der Waals surface area contributed by atoms with Crippen LogP contribution in [0.25, 0.3) is 0 Å². The van der Waals surface area contributed by atoms with Crippen LogP contribution in [-0.2, 0) is 16.4 Å². The van der Waals surface area contributed by atoms with Crippen molar-refractivity contribution in [1.29, 1.82) is 0 Å². The van der Waals surface area contributed by atoms with E-state index in [1.54, 1.807) is 4.31 Å². The third-order valence-corrected chi connectivity index (χ3v) is 6.96. The third-order valence-electron chi connectivity index (χ3n) is 5.69. The lowest BCUT2D eigenvalue weighted by Crippen LogP contribution is -2.40. The van der Waals surface area contributed by atoms with Crippen LogP contribution in [0.2, 0.25) is 0 Å². The quantitative estimate of drug-likeness (QED) is 0.463. The lowest BCUT2D eigenvalue weighted by molar-refractivity contribution is 0.458. The first-order chi connectivity index (χ1) is 15.0. The van der Waals surface area contributed by atoms with Gasteiger partial charge in [-0.05, 0) is 36.8 Å². The van der Waals surface area contributed by atoms with Crippen LogP contribution < -0.4 is 10.6 Å². The molecule has 0 amide bonds. The van der Waals surface area contributed by atoms with E-state index in [9.17, 15) is 8.42 Å². The maximum Gasteiger partial charge on any atom is 0.211 e. The molecule has 1 saturated heterocycles. The molecule has 1 aliphatic rings. The van der Waals surface area contributed by atoms with Gasteiger partial charge in [-0.3, -0.25) is 4.99 Å². The van der Waals surface area contributed by atoms with Crippen molar-refractivity contribution >= 4 is 16.0 Å². The molecule has 1 fully saturated rings. The molecule has 0 aliphatic carbocycles. The Morgan fingerprint density at radius 1 is 1.10 bits per heavy atom. The fourth-order valence-corrected chi connectivity index (χ4v) is 4.88. The van der Waals surface area contributed by atoms with Crippen LogP contribution in [0.1, 0.15) is 30.4 Å². The van der Waals surface area contributed by atoms with Crippen molar-refractivity contribution < 1.29 is 8.42 Å². The molecule has 168 valence electrons. The van der Waals surface area contributed by atoms with E-state index in [2.05, 4.69) is 66.1 Å². The highest BCUT2D eigenvalue weighted by Gasteiger charge is 2.28. The molecule has 0 bridgehead atoms. The van der Waals surface area contributed by atoms with Gasteiger partial charge in [0.05, 0.1) is 6.26 Å². The van der Waals surface area contributed by atoms with E-state index in [4.69, 9.17) is 4.99 Å². The van der Waals surface area contributed by atoms with Crippen LogP contribution in [-0.4, -0.2) is 57.7 Å². The molecule has 2 N–H and O–H groups in total. The number of nitrogens with zero attached hydrogens (tertiary/aromatic N) is 2. The largest absolute Gasteiger partial charge is 0.357 e. The summed E-state index contributed by atoms with van der Waals surface area (Å²) in [5, 5.41) is 6.75. The summed E-state index contributed by atoms with van der Waals surface area (Å²) in [4.78, 5) is 4.88. The monoisotopic (exact) mass is 442 g/mol. The smallest absolute Gasteiger partial charge is 0.211 e. The van der Waals surface area contributed by atoms with Crippen molar-refractivity contribution in [1.82, 2.24) is 14.9 Å². The van der Waals surface area contributed by atoms with Gasteiger partial charge in [-0.1, -0.05) is 60.7 Å². The lowest BCUT2D eigenvalue weighted by atomic mass is 9.92. The highest BCUT2D eigenvalue weighted by atomic mass is 32.2. The fraction of sp³-hybridized carbons (Fsp3) is 0.458. The van der Waals surface area contributed by atoms with Gasteiger partial charge in [0.2, 0.25) is 10.0 Å². The maximum atomic E-state index is 11.8.